The second-order valence-corrected chi connectivity index (χ2v) is 31.2. The fourth-order valence-electron chi connectivity index (χ4n) is 0.924. The van der Waals surface area contributed by atoms with Crippen molar-refractivity contribution in [2.75, 3.05) is 19.8 Å². The number of hydrogen-bond acceptors (Lipinski definition) is 6. The maximum Gasteiger partial charge on any atom is 0.469 e. The molecule has 0 radical (unpaired) electrons. The van der Waals surface area contributed by atoms with Gasteiger partial charge in [-0.25, -0.2) is 4.57 Å². The summed E-state index contributed by atoms with van der Waals surface area (Å²) in [6.07, 6.45) is 0.756. The normalized spacial score (nSPS) is 12.6. The first kappa shape index (κ1) is 38.1. The molecule has 0 rings (SSSR count). The minimum atomic E-state index is -4.36. The smallest absolute Gasteiger partial charge is 0.433 e. The lowest BCUT2D eigenvalue weighted by Gasteiger charge is -2.13. The van der Waals surface area contributed by atoms with Crippen molar-refractivity contribution in [3.05, 3.63) is 0 Å². The van der Waals surface area contributed by atoms with Crippen LogP contribution in [-0.2, 0) is 13.8 Å². The molecule has 188 valence electrons. The van der Waals surface area contributed by atoms with Crippen molar-refractivity contribution in [1.82, 2.24) is 0 Å². The highest BCUT2D eigenvalue weighted by Crippen LogP contribution is 2.35. The van der Waals surface area contributed by atoms with E-state index in [0.29, 0.717) is 6.61 Å². The predicted molar refractivity (Wildman–Crippen MR) is 138 cm³/mol. The zero-order chi connectivity index (χ0) is 25.4. The molecule has 0 saturated heterocycles. The Bertz CT molecular complexity index is 388. The zero-order valence-corrected chi connectivity index (χ0v) is 26.3. The molecule has 0 spiro atoms. The SMILES string of the molecule is C[Si](C)(C)C.C[Si](C)(C)O.C[Si](C)(C)O.C[Si](C)(O)CCCOCCOP(=O)(O)O. The second kappa shape index (κ2) is 17.3. The monoisotopic (exact) mass is 526 g/mol. The van der Waals surface area contributed by atoms with E-state index >= 15 is 0 Å². The van der Waals surface area contributed by atoms with Crippen molar-refractivity contribution in [3.63, 3.8) is 0 Å². The minimum Gasteiger partial charge on any atom is -0.433 e. The van der Waals surface area contributed by atoms with E-state index < -0.39 is 40.8 Å². The van der Waals surface area contributed by atoms with E-state index in [1.807, 2.05) is 52.4 Å². The molecule has 0 aliphatic rings. The first-order chi connectivity index (χ1) is 12.7. The maximum absolute atomic E-state index is 10.2. The van der Waals surface area contributed by atoms with Crippen molar-refractivity contribution in [2.45, 2.75) is 91.0 Å². The third kappa shape index (κ3) is 136. The number of rotatable bonds is 8. The third-order valence-corrected chi connectivity index (χ3v) is 3.66. The summed E-state index contributed by atoms with van der Waals surface area (Å²) in [5.74, 6) is 0. The second-order valence-electron chi connectivity index (χ2n) is 11.2. The van der Waals surface area contributed by atoms with Crippen LogP contribution in [0.5, 0.6) is 0 Å². The average molecular weight is 527 g/mol. The van der Waals surface area contributed by atoms with Gasteiger partial charge >= 0.3 is 7.82 Å². The molecule has 0 heterocycles. The summed E-state index contributed by atoms with van der Waals surface area (Å²) in [6.45, 7) is 24.8. The van der Waals surface area contributed by atoms with Crippen LogP contribution >= 0.6 is 7.82 Å². The molecule has 8 nitrogen and oxygen atoms in total. The van der Waals surface area contributed by atoms with Crippen LogP contribution in [-0.4, -0.2) is 77.0 Å². The van der Waals surface area contributed by atoms with Crippen LogP contribution in [0.4, 0.5) is 0 Å². The first-order valence-electron chi connectivity index (χ1n) is 10.2. The molecule has 0 aromatic rings. The summed E-state index contributed by atoms with van der Waals surface area (Å²) in [6, 6.07) is 0.756. The molecule has 0 saturated carbocycles. The number of phosphoric acid groups is 1. The molecular weight excluding hydrogens is 475 g/mol. The van der Waals surface area contributed by atoms with E-state index in [2.05, 4.69) is 30.7 Å². The molecule has 30 heavy (non-hydrogen) atoms. The van der Waals surface area contributed by atoms with Gasteiger partial charge in [0.05, 0.1) is 13.2 Å². The van der Waals surface area contributed by atoms with Crippen LogP contribution in [0.2, 0.25) is 84.6 Å². The molecule has 0 amide bonds. The summed E-state index contributed by atoms with van der Waals surface area (Å²) < 4.78 is 19.5. The molecule has 0 aromatic carbocycles. The third-order valence-electron chi connectivity index (χ3n) is 1.56. The van der Waals surface area contributed by atoms with Crippen molar-refractivity contribution in [1.29, 1.82) is 0 Å². The van der Waals surface area contributed by atoms with Gasteiger partial charge in [0, 0.05) is 14.7 Å². The van der Waals surface area contributed by atoms with Gasteiger partial charge in [0.15, 0.2) is 25.0 Å². The van der Waals surface area contributed by atoms with Gasteiger partial charge in [0.1, 0.15) is 0 Å². The Morgan fingerprint density at radius 3 is 1.20 bits per heavy atom. The Morgan fingerprint density at radius 1 is 0.667 bits per heavy atom. The van der Waals surface area contributed by atoms with E-state index in [1.165, 1.54) is 0 Å². The molecule has 0 aliphatic heterocycles. The van der Waals surface area contributed by atoms with Crippen molar-refractivity contribution in [3.8, 4) is 0 Å². The first-order valence-corrected chi connectivity index (χ1v) is 25.7. The van der Waals surface area contributed by atoms with Gasteiger partial charge in [0.2, 0.25) is 0 Å². The highest BCUT2D eigenvalue weighted by molar-refractivity contribution is 7.46. The summed E-state index contributed by atoms with van der Waals surface area (Å²) in [4.78, 5) is 43.5. The van der Waals surface area contributed by atoms with E-state index in [1.54, 1.807) is 0 Å². The molecule has 0 aromatic heterocycles. The molecule has 0 fully saturated rings. The quantitative estimate of drug-likeness (QED) is 0.179. The molecule has 0 atom stereocenters. The van der Waals surface area contributed by atoms with Gasteiger partial charge in [-0.15, -0.1) is 0 Å². The van der Waals surface area contributed by atoms with Gasteiger partial charge in [-0.2, -0.15) is 0 Å². The van der Waals surface area contributed by atoms with Gasteiger partial charge in [0.25, 0.3) is 0 Å². The Balaban J connectivity index is -0.000000184. The number of ether oxygens (including phenoxy) is 1. The molecule has 0 bridgehead atoms. The molecular formula is C17H51O8PSi4. The van der Waals surface area contributed by atoms with Crippen LogP contribution < -0.4 is 0 Å². The molecule has 5 N–H and O–H groups in total. The van der Waals surface area contributed by atoms with Gasteiger partial charge < -0.3 is 28.9 Å². The molecule has 0 aliphatic carbocycles. The van der Waals surface area contributed by atoms with E-state index in [-0.39, 0.29) is 13.2 Å². The largest absolute Gasteiger partial charge is 0.469 e. The fraction of sp³-hybridized carbons (Fsp3) is 1.00. The zero-order valence-electron chi connectivity index (χ0n) is 21.4. The van der Waals surface area contributed by atoms with Crippen LogP contribution in [0, 0.1) is 0 Å². The van der Waals surface area contributed by atoms with Crippen molar-refractivity contribution >= 4 is 40.8 Å². The van der Waals surface area contributed by atoms with Crippen LogP contribution in [0.1, 0.15) is 6.42 Å². The Hall–Kier alpha value is 0.818. The van der Waals surface area contributed by atoms with Crippen molar-refractivity contribution < 1.29 is 38.0 Å². The maximum atomic E-state index is 10.2. The number of hydrogen-bond donors (Lipinski definition) is 5. The summed E-state index contributed by atoms with van der Waals surface area (Å²) in [5.41, 5.74) is 0. The van der Waals surface area contributed by atoms with Crippen LogP contribution in [0.15, 0.2) is 0 Å². The van der Waals surface area contributed by atoms with Crippen molar-refractivity contribution in [2.24, 2.45) is 0 Å². The Labute approximate surface area is 189 Å². The van der Waals surface area contributed by atoms with E-state index in [0.717, 1.165) is 12.5 Å². The Morgan fingerprint density at radius 2 is 0.967 bits per heavy atom. The van der Waals surface area contributed by atoms with E-state index in [4.69, 9.17) is 24.1 Å². The standard InChI is InChI=1S/C7H19O6PSi.C4H12Si.2C3H10OSi/c1-15(2,11)7-3-4-12-5-6-13-14(8,9)10;3*1-5(2,3)4/h11H,3-7H2,1-2H3,(H2,8,9,10);1-4H3;2*4H,1-3H3. The minimum absolute atomic E-state index is 0.121. The lowest BCUT2D eigenvalue weighted by molar-refractivity contribution is 0.0856. The summed E-state index contributed by atoms with van der Waals surface area (Å²) >= 11 is 0. The Kier molecular flexibility index (Phi) is 22.0. The lowest BCUT2D eigenvalue weighted by Crippen LogP contribution is -2.24. The van der Waals surface area contributed by atoms with Crippen LogP contribution in [0.25, 0.3) is 0 Å². The molecule has 13 heteroatoms. The topological polar surface area (TPSA) is 137 Å². The summed E-state index contributed by atoms with van der Waals surface area (Å²) in [5, 5.41) is 0. The van der Waals surface area contributed by atoms with Gasteiger partial charge in [-0.05, 0) is 64.8 Å². The summed E-state index contributed by atoms with van der Waals surface area (Å²) in [7, 11) is -10.2. The van der Waals surface area contributed by atoms with Gasteiger partial charge in [-0.1, -0.05) is 26.2 Å². The predicted octanol–water partition coefficient (Wildman–Crippen LogP) is 4.28. The van der Waals surface area contributed by atoms with E-state index in [9.17, 15) is 9.36 Å². The highest BCUT2D eigenvalue weighted by Gasteiger charge is 2.16. The lowest BCUT2D eigenvalue weighted by atomic mass is 10.5. The van der Waals surface area contributed by atoms with Crippen LogP contribution in [0.3, 0.4) is 0 Å². The highest BCUT2D eigenvalue weighted by atomic mass is 31.2. The number of phosphoric ester groups is 1. The molecule has 0 unspecified atom stereocenters. The average Bonchev–Trinajstić information content (AvgIpc) is 2.28. The van der Waals surface area contributed by atoms with Gasteiger partial charge in [-0.3, -0.25) is 4.52 Å². The fourth-order valence-corrected chi connectivity index (χ4v) is 2.25.